The van der Waals surface area contributed by atoms with Crippen LogP contribution in [-0.2, 0) is 14.8 Å². The van der Waals surface area contributed by atoms with Crippen molar-refractivity contribution in [1.82, 2.24) is 4.90 Å². The molecule has 29 heavy (non-hydrogen) atoms. The third-order valence-electron chi connectivity index (χ3n) is 4.39. The van der Waals surface area contributed by atoms with Crippen LogP contribution in [0, 0.1) is 0 Å². The number of nitrogens with zero attached hydrogens (tertiary/aromatic N) is 2. The molecule has 2 aliphatic heterocycles. The Bertz CT molecular complexity index is 1190. The minimum Gasteiger partial charge on any atom is -0.366 e. The van der Waals surface area contributed by atoms with Crippen molar-refractivity contribution in [2.75, 3.05) is 17.6 Å². The number of nitrogens with two attached hydrogens (primary N) is 1. The van der Waals surface area contributed by atoms with Crippen molar-refractivity contribution in [3.05, 3.63) is 65.9 Å². The number of amides is 2. The number of primary amides is 1. The van der Waals surface area contributed by atoms with Gasteiger partial charge in [0, 0.05) is 17.6 Å². The number of nitrogens with one attached hydrogen (secondary N) is 1. The van der Waals surface area contributed by atoms with E-state index in [1.807, 2.05) is 30.3 Å². The fourth-order valence-corrected chi connectivity index (χ4v) is 5.02. The Balaban J connectivity index is 1.67. The maximum atomic E-state index is 12.9. The normalized spacial score (nSPS) is 17.2. The van der Waals surface area contributed by atoms with E-state index in [2.05, 4.69) is 9.71 Å². The zero-order chi connectivity index (χ0) is 20.6. The number of benzene rings is 1. The van der Waals surface area contributed by atoms with Gasteiger partial charge in [0.1, 0.15) is 5.00 Å². The molecule has 1 aromatic carbocycles. The second-order valence-corrected chi connectivity index (χ2v) is 9.16. The van der Waals surface area contributed by atoms with Crippen LogP contribution in [0.4, 0.5) is 5.00 Å². The summed E-state index contributed by atoms with van der Waals surface area (Å²) in [4.78, 5) is 27.1. The Morgan fingerprint density at radius 2 is 1.97 bits per heavy atom. The Morgan fingerprint density at radius 3 is 2.69 bits per heavy atom. The van der Waals surface area contributed by atoms with Crippen molar-refractivity contribution in [1.29, 1.82) is 0 Å². The van der Waals surface area contributed by atoms with Gasteiger partial charge >= 0.3 is 0 Å². The molecule has 0 radical (unpaired) electrons. The van der Waals surface area contributed by atoms with Gasteiger partial charge in [-0.05, 0) is 23.8 Å². The number of allylic oxidation sites excluding steroid dienone is 2. The van der Waals surface area contributed by atoms with E-state index in [1.165, 1.54) is 17.4 Å². The van der Waals surface area contributed by atoms with E-state index >= 15 is 0 Å². The number of sulfonamides is 1. The molecule has 0 saturated carbocycles. The Morgan fingerprint density at radius 1 is 1.21 bits per heavy atom. The molecule has 0 fully saturated rings. The lowest BCUT2D eigenvalue weighted by Crippen LogP contribution is -2.40. The molecule has 4 rings (SSSR count). The van der Waals surface area contributed by atoms with Gasteiger partial charge < -0.3 is 16.0 Å². The summed E-state index contributed by atoms with van der Waals surface area (Å²) in [5.74, 6) is -1.29. The molecule has 0 saturated heterocycles. The highest BCUT2D eigenvalue weighted by molar-refractivity contribution is 7.90. The number of hydrogen-bond donors (Lipinski definition) is 2. The maximum Gasteiger partial charge on any atom is 0.260 e. The first-order valence-corrected chi connectivity index (χ1v) is 11.1. The molecule has 2 aliphatic rings. The summed E-state index contributed by atoms with van der Waals surface area (Å²) in [6.45, 7) is 0.214. The van der Waals surface area contributed by atoms with Crippen LogP contribution in [0.15, 0.2) is 64.7 Å². The molecule has 0 unspecified atom stereocenters. The highest BCUT2D eigenvalue weighted by atomic mass is 32.2. The third kappa shape index (κ3) is 3.84. The van der Waals surface area contributed by atoms with Gasteiger partial charge in [0.15, 0.2) is 5.84 Å². The fourth-order valence-electron chi connectivity index (χ4n) is 2.98. The molecule has 148 valence electrons. The van der Waals surface area contributed by atoms with Gasteiger partial charge in [0.2, 0.25) is 0 Å². The molecule has 3 N–H and O–H groups in total. The largest absolute Gasteiger partial charge is 0.366 e. The van der Waals surface area contributed by atoms with E-state index in [-0.39, 0.29) is 29.3 Å². The lowest BCUT2D eigenvalue weighted by Gasteiger charge is -2.28. The van der Waals surface area contributed by atoms with Crippen LogP contribution >= 0.6 is 11.3 Å². The van der Waals surface area contributed by atoms with Gasteiger partial charge in [0.05, 0.1) is 16.9 Å². The number of rotatable bonds is 4. The monoisotopic (exact) mass is 428 g/mol. The first-order valence-electron chi connectivity index (χ1n) is 8.62. The number of amidine groups is 1. The van der Waals surface area contributed by atoms with E-state index in [0.29, 0.717) is 5.00 Å². The second kappa shape index (κ2) is 7.30. The predicted octanol–water partition coefficient (Wildman–Crippen LogP) is 1.95. The average molecular weight is 428 g/mol. The van der Waals surface area contributed by atoms with Gasteiger partial charge in [-0.1, -0.05) is 30.3 Å². The highest BCUT2D eigenvalue weighted by Crippen LogP contribution is 2.35. The van der Waals surface area contributed by atoms with E-state index in [4.69, 9.17) is 5.73 Å². The standard InChI is InChI=1S/C19H16N4O4S2/c20-16(24)14-11-15(12-5-2-1-3-6-12)28-19(14)21-18(25)13-7-4-8-23-9-10-29(26,27)22-17(13)23/h1-8,11H,9-10H2,(H2,20,24)(H,21,25). The zero-order valence-corrected chi connectivity index (χ0v) is 16.7. The number of carbonyl (C=O) groups is 2. The summed E-state index contributed by atoms with van der Waals surface area (Å²) < 4.78 is 27.5. The van der Waals surface area contributed by atoms with Gasteiger partial charge in [-0.2, -0.15) is 0 Å². The zero-order valence-electron chi connectivity index (χ0n) is 15.0. The van der Waals surface area contributed by atoms with Crippen molar-refractivity contribution in [3.63, 3.8) is 0 Å². The minimum atomic E-state index is -3.63. The van der Waals surface area contributed by atoms with Gasteiger partial charge in [-0.25, -0.2) is 8.42 Å². The average Bonchev–Trinajstić information content (AvgIpc) is 3.11. The molecule has 0 bridgehead atoms. The molecule has 10 heteroatoms. The van der Waals surface area contributed by atoms with Crippen LogP contribution in [0.2, 0.25) is 0 Å². The number of thiophene rings is 1. The Labute approximate surface area is 171 Å². The summed E-state index contributed by atoms with van der Waals surface area (Å²) >= 11 is 1.21. The van der Waals surface area contributed by atoms with E-state index in [1.54, 1.807) is 23.2 Å². The first kappa shape index (κ1) is 19.1. The van der Waals surface area contributed by atoms with Crippen LogP contribution in [-0.4, -0.2) is 43.3 Å². The summed E-state index contributed by atoms with van der Waals surface area (Å²) in [5.41, 5.74) is 6.65. The fraction of sp³-hybridized carbons (Fsp3) is 0.105. The van der Waals surface area contributed by atoms with Crippen molar-refractivity contribution in [2.24, 2.45) is 10.1 Å². The van der Waals surface area contributed by atoms with Crippen LogP contribution in [0.3, 0.4) is 0 Å². The molecule has 1 aromatic heterocycles. The Hall–Kier alpha value is -3.24. The van der Waals surface area contributed by atoms with E-state index in [9.17, 15) is 18.0 Å². The topological polar surface area (TPSA) is 122 Å². The van der Waals surface area contributed by atoms with Crippen molar-refractivity contribution < 1.29 is 18.0 Å². The summed E-state index contributed by atoms with van der Waals surface area (Å²) in [6, 6.07) is 11.0. The van der Waals surface area contributed by atoms with Crippen LogP contribution in [0.5, 0.6) is 0 Å². The van der Waals surface area contributed by atoms with Crippen LogP contribution in [0.25, 0.3) is 10.4 Å². The minimum absolute atomic E-state index is 0.0664. The molecule has 3 heterocycles. The molecule has 8 nitrogen and oxygen atoms in total. The first-order chi connectivity index (χ1) is 13.8. The molecule has 0 atom stereocenters. The smallest absolute Gasteiger partial charge is 0.260 e. The molecule has 2 aromatic rings. The number of hydrogen-bond acceptors (Lipinski definition) is 6. The van der Waals surface area contributed by atoms with E-state index < -0.39 is 21.8 Å². The molecular weight excluding hydrogens is 412 g/mol. The number of fused-ring (bicyclic) bond motifs is 1. The number of carbonyl (C=O) groups excluding carboxylic acids is 2. The van der Waals surface area contributed by atoms with Gasteiger partial charge in [-0.15, -0.1) is 15.7 Å². The van der Waals surface area contributed by atoms with Gasteiger partial charge in [0.25, 0.3) is 21.8 Å². The predicted molar refractivity (Wildman–Crippen MR) is 112 cm³/mol. The van der Waals surface area contributed by atoms with E-state index in [0.717, 1.165) is 10.4 Å². The quantitative estimate of drug-likeness (QED) is 0.771. The molecule has 0 spiro atoms. The Kier molecular flexibility index (Phi) is 4.81. The molecule has 2 amide bonds. The SMILES string of the molecule is NC(=O)c1cc(-c2ccccc2)sc1NC(=O)C1=CC=CN2CCS(=O)(=O)N=C12. The summed E-state index contributed by atoms with van der Waals surface area (Å²) in [5, 5.41) is 2.98. The van der Waals surface area contributed by atoms with Crippen molar-refractivity contribution >= 4 is 44.0 Å². The summed E-state index contributed by atoms with van der Waals surface area (Å²) in [6.07, 6.45) is 4.80. The third-order valence-corrected chi connectivity index (χ3v) is 6.63. The summed E-state index contributed by atoms with van der Waals surface area (Å²) in [7, 11) is -3.63. The molecular formula is C19H16N4O4S2. The van der Waals surface area contributed by atoms with Crippen molar-refractivity contribution in [3.8, 4) is 10.4 Å². The second-order valence-electron chi connectivity index (χ2n) is 6.35. The molecule has 0 aliphatic carbocycles. The van der Waals surface area contributed by atoms with Crippen LogP contribution in [0.1, 0.15) is 10.4 Å². The number of anilines is 1. The van der Waals surface area contributed by atoms with Crippen LogP contribution < -0.4 is 11.1 Å². The lowest BCUT2D eigenvalue weighted by molar-refractivity contribution is -0.112. The highest BCUT2D eigenvalue weighted by Gasteiger charge is 2.30. The van der Waals surface area contributed by atoms with Gasteiger partial charge in [-0.3, -0.25) is 9.59 Å². The maximum absolute atomic E-state index is 12.9. The lowest BCUT2D eigenvalue weighted by atomic mass is 10.1. The van der Waals surface area contributed by atoms with Crippen molar-refractivity contribution in [2.45, 2.75) is 0 Å².